The molecule has 1 fully saturated rings. The van der Waals surface area contributed by atoms with Crippen molar-refractivity contribution in [2.24, 2.45) is 17.8 Å². The molecule has 0 aromatic carbocycles. The topological polar surface area (TPSA) is 58.1 Å². The molecule has 2 bridgehead atoms. The molecule has 3 atom stereocenters. The first-order valence-corrected chi connectivity index (χ1v) is 8.48. The van der Waals surface area contributed by atoms with Crippen LogP contribution in [0.3, 0.4) is 0 Å². The van der Waals surface area contributed by atoms with Crippen molar-refractivity contribution in [2.45, 2.75) is 32.7 Å². The summed E-state index contributed by atoms with van der Waals surface area (Å²) in [6, 6.07) is 0.369. The molecule has 0 unspecified atom stereocenters. The van der Waals surface area contributed by atoms with E-state index in [1.165, 1.54) is 24.2 Å². The maximum atomic E-state index is 12.1. The Morgan fingerprint density at radius 3 is 2.90 bits per heavy atom. The smallest absolute Gasteiger partial charge is 0.240 e. The summed E-state index contributed by atoms with van der Waals surface area (Å²) in [5.74, 6) is 2.21. The van der Waals surface area contributed by atoms with Crippen LogP contribution in [0.1, 0.15) is 26.7 Å². The van der Waals surface area contributed by atoms with Gasteiger partial charge in [0.15, 0.2) is 0 Å². The van der Waals surface area contributed by atoms with Gasteiger partial charge in [-0.1, -0.05) is 23.5 Å². The predicted molar refractivity (Wildman–Crippen MR) is 84.1 cm³/mol. The number of rotatable bonds is 6. The number of allylic oxidation sites excluding steroid dienone is 2. The Balaban J connectivity index is 1.54. The number of carbonyl (C=O) groups is 1. The van der Waals surface area contributed by atoms with Crippen molar-refractivity contribution in [3.63, 3.8) is 0 Å². The number of hydrogen-bond acceptors (Lipinski definition) is 5. The van der Waals surface area contributed by atoms with E-state index in [1.54, 1.807) is 5.51 Å². The van der Waals surface area contributed by atoms with Gasteiger partial charge in [0.25, 0.3) is 0 Å². The number of aromatic nitrogens is 2. The average Bonchev–Trinajstić information content (AvgIpc) is 3.14. The van der Waals surface area contributed by atoms with Gasteiger partial charge in [-0.05, 0) is 44.4 Å². The summed E-state index contributed by atoms with van der Waals surface area (Å²) >= 11 is 1.35. The van der Waals surface area contributed by atoms with E-state index in [0.29, 0.717) is 23.6 Å². The van der Waals surface area contributed by atoms with Crippen molar-refractivity contribution in [1.82, 2.24) is 15.1 Å². The molecule has 0 radical (unpaired) electrons. The number of nitrogens with one attached hydrogen (secondary N) is 1. The van der Waals surface area contributed by atoms with Gasteiger partial charge < -0.3 is 0 Å². The Kier molecular flexibility index (Phi) is 4.35. The molecule has 1 amide bonds. The third-order valence-corrected chi connectivity index (χ3v) is 5.18. The van der Waals surface area contributed by atoms with E-state index in [1.807, 2.05) is 0 Å². The lowest BCUT2D eigenvalue weighted by Crippen LogP contribution is -2.41. The molecule has 1 heterocycles. The molecule has 0 spiro atoms. The second-order valence-electron chi connectivity index (χ2n) is 6.36. The molecule has 1 N–H and O–H groups in total. The van der Waals surface area contributed by atoms with Gasteiger partial charge in [-0.15, -0.1) is 10.2 Å². The van der Waals surface area contributed by atoms with Crippen LogP contribution in [0.4, 0.5) is 5.13 Å². The van der Waals surface area contributed by atoms with Crippen LogP contribution < -0.4 is 5.32 Å². The van der Waals surface area contributed by atoms with Crippen LogP contribution >= 0.6 is 11.3 Å². The number of carbonyl (C=O) groups excluding carboxylic acids is 1. The summed E-state index contributed by atoms with van der Waals surface area (Å²) in [6.07, 6.45) is 7.33. The maximum absolute atomic E-state index is 12.1. The molecule has 5 nitrogen and oxygen atoms in total. The second-order valence-corrected chi connectivity index (χ2v) is 7.19. The predicted octanol–water partition coefficient (Wildman–Crippen LogP) is 2.40. The van der Waals surface area contributed by atoms with Crippen molar-refractivity contribution in [2.75, 3.05) is 18.4 Å². The Morgan fingerprint density at radius 1 is 1.48 bits per heavy atom. The molecule has 114 valence electrons. The summed E-state index contributed by atoms with van der Waals surface area (Å²) < 4.78 is 0. The standard InChI is InChI=1S/C15H22N4OS/c1-10(2)19(7-13-6-11-3-4-12(13)5-11)8-14(20)17-15-18-16-9-21-15/h3-4,9-13H,5-8H2,1-2H3,(H,17,18,20)/t11-,12-,13-/m0/s1. The lowest BCUT2D eigenvalue weighted by atomic mass is 9.92. The van der Waals surface area contributed by atoms with Gasteiger partial charge in [-0.2, -0.15) is 0 Å². The van der Waals surface area contributed by atoms with Crippen molar-refractivity contribution in [1.29, 1.82) is 0 Å². The van der Waals surface area contributed by atoms with Crippen molar-refractivity contribution in [3.8, 4) is 0 Å². The van der Waals surface area contributed by atoms with Crippen LogP contribution in [0.15, 0.2) is 17.7 Å². The minimum Gasteiger partial charge on any atom is -0.299 e. The van der Waals surface area contributed by atoms with Crippen LogP contribution in [-0.2, 0) is 4.79 Å². The van der Waals surface area contributed by atoms with Gasteiger partial charge in [-0.3, -0.25) is 15.0 Å². The highest BCUT2D eigenvalue weighted by Gasteiger charge is 2.36. The molecule has 0 saturated heterocycles. The summed E-state index contributed by atoms with van der Waals surface area (Å²) in [4.78, 5) is 14.4. The van der Waals surface area contributed by atoms with Crippen LogP contribution in [-0.4, -0.2) is 40.1 Å². The number of nitrogens with zero attached hydrogens (tertiary/aromatic N) is 3. The minimum absolute atomic E-state index is 0.000788. The molecule has 2 aliphatic rings. The van der Waals surface area contributed by atoms with Crippen LogP contribution in [0.25, 0.3) is 0 Å². The molecular formula is C15H22N4OS. The second kappa shape index (κ2) is 6.23. The zero-order valence-corrected chi connectivity index (χ0v) is 13.3. The number of amides is 1. The third-order valence-electron chi connectivity index (χ3n) is 4.57. The molecule has 0 aliphatic heterocycles. The summed E-state index contributed by atoms with van der Waals surface area (Å²) in [5.41, 5.74) is 1.62. The van der Waals surface area contributed by atoms with Gasteiger partial charge in [0, 0.05) is 12.6 Å². The summed E-state index contributed by atoms with van der Waals surface area (Å²) in [5, 5.41) is 11.0. The first-order chi connectivity index (χ1) is 10.1. The van der Waals surface area contributed by atoms with Gasteiger partial charge >= 0.3 is 0 Å². The van der Waals surface area contributed by atoms with Crippen molar-refractivity contribution >= 4 is 22.4 Å². The number of anilines is 1. The monoisotopic (exact) mass is 306 g/mol. The highest BCUT2D eigenvalue weighted by molar-refractivity contribution is 7.13. The van der Waals surface area contributed by atoms with Gasteiger partial charge in [0.2, 0.25) is 11.0 Å². The quantitative estimate of drug-likeness (QED) is 0.820. The molecule has 2 aliphatic carbocycles. The Bertz CT molecular complexity index is 514. The molecular weight excluding hydrogens is 284 g/mol. The van der Waals surface area contributed by atoms with Gasteiger partial charge in [-0.25, -0.2) is 0 Å². The maximum Gasteiger partial charge on any atom is 0.240 e. The fraction of sp³-hybridized carbons (Fsp3) is 0.667. The van der Waals surface area contributed by atoms with E-state index in [2.05, 4.69) is 46.4 Å². The van der Waals surface area contributed by atoms with E-state index in [9.17, 15) is 4.79 Å². The lowest BCUT2D eigenvalue weighted by Gasteiger charge is -2.30. The first-order valence-electron chi connectivity index (χ1n) is 7.60. The number of fused-ring (bicyclic) bond motifs is 2. The normalized spacial score (nSPS) is 27.0. The fourth-order valence-corrected chi connectivity index (χ4v) is 3.90. The zero-order chi connectivity index (χ0) is 14.8. The van der Waals surface area contributed by atoms with Crippen LogP contribution in [0, 0.1) is 17.8 Å². The Hall–Kier alpha value is -1.27. The molecule has 21 heavy (non-hydrogen) atoms. The largest absolute Gasteiger partial charge is 0.299 e. The van der Waals surface area contributed by atoms with Crippen molar-refractivity contribution in [3.05, 3.63) is 17.7 Å². The Labute approximate surface area is 129 Å². The molecule has 1 aromatic rings. The third kappa shape index (κ3) is 3.49. The van der Waals surface area contributed by atoms with Gasteiger partial charge in [0.1, 0.15) is 5.51 Å². The lowest BCUT2D eigenvalue weighted by molar-refractivity contribution is -0.117. The minimum atomic E-state index is -0.000788. The van der Waals surface area contributed by atoms with E-state index >= 15 is 0 Å². The summed E-state index contributed by atoms with van der Waals surface area (Å²) in [7, 11) is 0. The SMILES string of the molecule is CC(C)N(CC(=O)Nc1nncs1)C[C@@H]1C[C@H]2C=C[C@H]1C2. The molecule has 1 aromatic heterocycles. The van der Waals surface area contributed by atoms with E-state index in [-0.39, 0.29) is 5.91 Å². The van der Waals surface area contributed by atoms with Crippen LogP contribution in [0.5, 0.6) is 0 Å². The fourth-order valence-electron chi connectivity index (χ4n) is 3.43. The zero-order valence-electron chi connectivity index (χ0n) is 12.5. The highest BCUT2D eigenvalue weighted by Crippen LogP contribution is 2.43. The van der Waals surface area contributed by atoms with Crippen LogP contribution in [0.2, 0.25) is 0 Å². The highest BCUT2D eigenvalue weighted by atomic mass is 32.1. The van der Waals surface area contributed by atoms with E-state index < -0.39 is 0 Å². The summed E-state index contributed by atoms with van der Waals surface area (Å²) in [6.45, 7) is 5.74. The van der Waals surface area contributed by atoms with E-state index in [0.717, 1.165) is 18.4 Å². The Morgan fingerprint density at radius 2 is 2.33 bits per heavy atom. The van der Waals surface area contributed by atoms with Gasteiger partial charge in [0.05, 0.1) is 6.54 Å². The first kappa shape index (κ1) is 14.7. The van der Waals surface area contributed by atoms with Crippen molar-refractivity contribution < 1.29 is 4.79 Å². The molecule has 1 saturated carbocycles. The molecule has 3 rings (SSSR count). The average molecular weight is 306 g/mol. The van der Waals surface area contributed by atoms with E-state index in [4.69, 9.17) is 0 Å². The number of hydrogen-bond donors (Lipinski definition) is 1. The molecule has 6 heteroatoms.